The number of hydrogen-bond acceptors (Lipinski definition) is 4. The molecule has 0 saturated heterocycles. The predicted molar refractivity (Wildman–Crippen MR) is 140 cm³/mol. The van der Waals surface area contributed by atoms with Crippen molar-refractivity contribution in [2.24, 2.45) is 5.92 Å². The third-order valence-electron chi connectivity index (χ3n) is 6.25. The minimum absolute atomic E-state index is 0.0509. The van der Waals surface area contributed by atoms with Crippen molar-refractivity contribution in [3.05, 3.63) is 77.6 Å². The van der Waals surface area contributed by atoms with Gasteiger partial charge in [-0.3, -0.25) is 9.59 Å². The minimum Gasteiger partial charge on any atom is -0.378 e. The second-order valence-electron chi connectivity index (χ2n) is 9.08. The van der Waals surface area contributed by atoms with Crippen LogP contribution in [0.5, 0.6) is 0 Å². The summed E-state index contributed by atoms with van der Waals surface area (Å²) in [5.74, 6) is -0.593. The number of rotatable bonds is 8. The van der Waals surface area contributed by atoms with E-state index in [1.54, 1.807) is 36.2 Å². The summed E-state index contributed by atoms with van der Waals surface area (Å²) in [6.45, 7) is 2.02. The number of amides is 2. The monoisotopic (exact) mass is 474 g/mol. The molecule has 0 bridgehead atoms. The van der Waals surface area contributed by atoms with Crippen molar-refractivity contribution in [3.63, 3.8) is 0 Å². The second-order valence-corrected chi connectivity index (χ2v) is 9.08. The van der Waals surface area contributed by atoms with Crippen LogP contribution in [0, 0.1) is 11.7 Å². The molecule has 0 heterocycles. The number of nitrogens with one attached hydrogen (secondary N) is 2. The van der Waals surface area contributed by atoms with E-state index in [2.05, 4.69) is 10.6 Å². The molecule has 0 aliphatic heterocycles. The predicted octanol–water partition coefficient (Wildman–Crippen LogP) is 5.82. The van der Waals surface area contributed by atoms with Crippen LogP contribution in [0.15, 0.2) is 60.7 Å². The van der Waals surface area contributed by atoms with Crippen LogP contribution in [0.3, 0.4) is 0 Å². The maximum absolute atomic E-state index is 15.0. The first-order valence-corrected chi connectivity index (χ1v) is 11.8. The van der Waals surface area contributed by atoms with Crippen molar-refractivity contribution >= 4 is 40.3 Å². The van der Waals surface area contributed by atoms with Crippen LogP contribution in [-0.4, -0.2) is 33.0 Å². The van der Waals surface area contributed by atoms with Gasteiger partial charge in [0.25, 0.3) is 5.91 Å². The fourth-order valence-corrected chi connectivity index (χ4v) is 3.96. The Morgan fingerprint density at radius 2 is 1.51 bits per heavy atom. The van der Waals surface area contributed by atoms with E-state index in [-0.39, 0.29) is 17.7 Å². The lowest BCUT2D eigenvalue weighted by Gasteiger charge is -2.24. The summed E-state index contributed by atoms with van der Waals surface area (Å²) < 4.78 is 15.0. The molecule has 2 N–H and O–H groups in total. The molecule has 182 valence electrons. The molecule has 0 spiro atoms. The average molecular weight is 475 g/mol. The number of carbonyl (C=O) groups is 2. The van der Waals surface area contributed by atoms with Crippen molar-refractivity contribution in [1.82, 2.24) is 0 Å². The van der Waals surface area contributed by atoms with E-state index >= 15 is 0 Å². The third kappa shape index (κ3) is 5.62. The molecular weight excluding hydrogens is 443 g/mol. The lowest BCUT2D eigenvalue weighted by molar-refractivity contribution is -0.117. The number of anilines is 5. The molecule has 1 aliphatic rings. The summed E-state index contributed by atoms with van der Waals surface area (Å²) in [5, 5.41) is 5.73. The highest BCUT2D eigenvalue weighted by molar-refractivity contribution is 6.04. The molecule has 0 radical (unpaired) electrons. The van der Waals surface area contributed by atoms with Gasteiger partial charge in [-0.05, 0) is 85.5 Å². The Hall–Kier alpha value is -3.87. The first-order chi connectivity index (χ1) is 16.8. The van der Waals surface area contributed by atoms with Gasteiger partial charge in [0.1, 0.15) is 5.82 Å². The second kappa shape index (κ2) is 10.2. The van der Waals surface area contributed by atoms with Crippen LogP contribution in [0.2, 0.25) is 0 Å². The Morgan fingerprint density at radius 1 is 0.886 bits per heavy atom. The van der Waals surface area contributed by atoms with Gasteiger partial charge < -0.3 is 20.4 Å². The Balaban J connectivity index is 1.49. The van der Waals surface area contributed by atoms with Gasteiger partial charge in [-0.15, -0.1) is 0 Å². The maximum Gasteiger partial charge on any atom is 0.255 e. The largest absolute Gasteiger partial charge is 0.378 e. The molecule has 35 heavy (non-hydrogen) atoms. The van der Waals surface area contributed by atoms with E-state index in [9.17, 15) is 14.0 Å². The van der Waals surface area contributed by atoms with Crippen LogP contribution in [0.4, 0.5) is 32.8 Å². The van der Waals surface area contributed by atoms with E-state index in [1.165, 1.54) is 6.07 Å². The molecule has 0 unspecified atom stereocenters. The fourth-order valence-electron chi connectivity index (χ4n) is 3.96. The summed E-state index contributed by atoms with van der Waals surface area (Å²) in [6.07, 6.45) is 2.50. The highest BCUT2D eigenvalue weighted by Gasteiger charge is 2.29. The molecule has 3 aromatic rings. The third-order valence-corrected chi connectivity index (χ3v) is 6.25. The zero-order valence-electron chi connectivity index (χ0n) is 20.6. The van der Waals surface area contributed by atoms with Crippen LogP contribution >= 0.6 is 0 Å². The van der Waals surface area contributed by atoms with Gasteiger partial charge in [0.2, 0.25) is 5.91 Å². The van der Waals surface area contributed by atoms with Gasteiger partial charge in [-0.2, -0.15) is 0 Å². The van der Waals surface area contributed by atoms with Gasteiger partial charge in [-0.1, -0.05) is 6.92 Å². The molecule has 4 rings (SSSR count). The molecule has 1 fully saturated rings. The van der Waals surface area contributed by atoms with E-state index in [4.69, 9.17) is 0 Å². The summed E-state index contributed by atoms with van der Waals surface area (Å²) in [5.41, 5.74) is 4.96. The fraction of sp³-hybridized carbons (Fsp3) is 0.286. The van der Waals surface area contributed by atoms with Crippen molar-refractivity contribution in [2.45, 2.75) is 26.2 Å². The smallest absolute Gasteiger partial charge is 0.255 e. The highest BCUT2D eigenvalue weighted by atomic mass is 19.1. The number of carbonyl (C=O) groups excluding carboxylic acids is 2. The zero-order valence-corrected chi connectivity index (χ0v) is 20.6. The topological polar surface area (TPSA) is 64.7 Å². The van der Waals surface area contributed by atoms with Crippen LogP contribution in [0.25, 0.3) is 0 Å². The zero-order chi connectivity index (χ0) is 25.1. The summed E-state index contributed by atoms with van der Waals surface area (Å²) >= 11 is 0. The Bertz CT molecular complexity index is 1240. The first-order valence-electron chi connectivity index (χ1n) is 11.8. The molecule has 2 amide bonds. The lowest BCUT2D eigenvalue weighted by Crippen LogP contribution is -2.16. The van der Waals surface area contributed by atoms with Gasteiger partial charge in [0, 0.05) is 55.4 Å². The number of halogens is 1. The molecule has 0 aromatic heterocycles. The van der Waals surface area contributed by atoms with Gasteiger partial charge in [0.15, 0.2) is 0 Å². The van der Waals surface area contributed by atoms with Crippen molar-refractivity contribution in [3.8, 4) is 0 Å². The van der Waals surface area contributed by atoms with E-state index in [0.29, 0.717) is 29.0 Å². The number of hydrogen-bond donors (Lipinski definition) is 2. The Labute approximate surface area is 205 Å². The molecular formula is C28H31FN4O2. The molecule has 3 aromatic carbocycles. The summed E-state index contributed by atoms with van der Waals surface area (Å²) in [4.78, 5) is 28.5. The Morgan fingerprint density at radius 3 is 2.09 bits per heavy atom. The van der Waals surface area contributed by atoms with Crippen molar-refractivity contribution < 1.29 is 14.0 Å². The summed E-state index contributed by atoms with van der Waals surface area (Å²) in [6, 6.07) is 17.8. The number of nitrogens with zero attached hydrogens (tertiary/aromatic N) is 2. The van der Waals surface area contributed by atoms with E-state index in [0.717, 1.165) is 29.8 Å². The molecule has 0 atom stereocenters. The van der Waals surface area contributed by atoms with Gasteiger partial charge >= 0.3 is 0 Å². The molecule has 6 nitrogen and oxygen atoms in total. The van der Waals surface area contributed by atoms with Crippen LogP contribution in [0.1, 0.15) is 35.7 Å². The normalized spacial score (nSPS) is 12.7. The van der Waals surface area contributed by atoms with Crippen LogP contribution < -0.4 is 20.4 Å². The molecule has 7 heteroatoms. The van der Waals surface area contributed by atoms with E-state index < -0.39 is 5.82 Å². The summed E-state index contributed by atoms with van der Waals surface area (Å²) in [7, 11) is 5.71. The number of benzene rings is 3. The van der Waals surface area contributed by atoms with Crippen LogP contribution in [-0.2, 0) is 11.2 Å². The van der Waals surface area contributed by atoms with Gasteiger partial charge in [-0.25, -0.2) is 4.39 Å². The van der Waals surface area contributed by atoms with E-state index in [1.807, 2.05) is 56.3 Å². The highest BCUT2D eigenvalue weighted by Crippen LogP contribution is 2.34. The maximum atomic E-state index is 15.0. The lowest BCUT2D eigenvalue weighted by atomic mass is 10.1. The average Bonchev–Trinajstić information content (AvgIpc) is 3.69. The number of aryl methyl sites for hydroxylation is 1. The molecule has 1 saturated carbocycles. The Kier molecular flexibility index (Phi) is 7.05. The SMILES string of the molecule is CCc1cc(NC(=O)c2ccc(N(C)C)cc2)ccc1N(C)c1ccc(NC(=O)C2CC2)cc1F. The minimum atomic E-state index is -0.415. The van der Waals surface area contributed by atoms with Crippen molar-refractivity contribution in [1.29, 1.82) is 0 Å². The first kappa shape index (κ1) is 24.3. The van der Waals surface area contributed by atoms with Gasteiger partial charge in [0.05, 0.1) is 5.69 Å². The quantitative estimate of drug-likeness (QED) is 0.432. The molecule has 1 aliphatic carbocycles. The van der Waals surface area contributed by atoms with Crippen molar-refractivity contribution in [2.75, 3.05) is 41.6 Å². The standard InChI is InChI=1S/C28H31FN4O2/c1-5-18-16-21(30-28(35)20-8-12-23(13-9-20)32(2)3)10-14-25(18)33(4)26-15-11-22(17-24(26)29)31-27(34)19-6-7-19/h8-17,19H,5-7H2,1-4H3,(H,30,35)(H,31,34).